The molecule has 1 amide bonds. The molecule has 1 N–H and O–H groups in total. The summed E-state index contributed by atoms with van der Waals surface area (Å²) in [6, 6.07) is 18.3. The predicted octanol–water partition coefficient (Wildman–Crippen LogP) is 4.20. The number of likely N-dealkylation sites (tertiary alicyclic amines) is 1. The van der Waals surface area contributed by atoms with Gasteiger partial charge in [-0.15, -0.1) is 0 Å². The van der Waals surface area contributed by atoms with Crippen molar-refractivity contribution >= 4 is 11.6 Å². The predicted molar refractivity (Wildman–Crippen MR) is 119 cm³/mol. The third kappa shape index (κ3) is 4.91. The summed E-state index contributed by atoms with van der Waals surface area (Å²) in [6.45, 7) is 7.48. The fourth-order valence-corrected chi connectivity index (χ4v) is 4.49. The Labute approximate surface area is 179 Å². The smallest absolute Gasteiger partial charge is 0.238 e. The van der Waals surface area contributed by atoms with Crippen molar-refractivity contribution < 1.29 is 14.3 Å². The highest BCUT2D eigenvalue weighted by Gasteiger charge is 2.50. The SMILES string of the molecule is CC(C)c1ccc(NC(=O)CN2C[C@H](OCc3ccccc3)[C@]3(CCCO3)C2)cc1. The normalized spacial score (nSPS) is 24.0. The van der Waals surface area contributed by atoms with Gasteiger partial charge in [0.25, 0.3) is 0 Å². The molecule has 0 saturated carbocycles. The van der Waals surface area contributed by atoms with Gasteiger partial charge in [0.05, 0.1) is 13.2 Å². The first kappa shape index (κ1) is 21.0. The van der Waals surface area contributed by atoms with Gasteiger partial charge in [0.15, 0.2) is 0 Å². The zero-order valence-corrected chi connectivity index (χ0v) is 18.0. The molecule has 1 spiro atoms. The van der Waals surface area contributed by atoms with Gasteiger partial charge in [0.2, 0.25) is 5.91 Å². The second-order valence-electron chi connectivity index (χ2n) is 8.80. The number of nitrogens with one attached hydrogen (secondary N) is 1. The number of benzene rings is 2. The highest BCUT2D eigenvalue weighted by molar-refractivity contribution is 5.92. The molecule has 2 aromatic rings. The molecule has 2 aliphatic rings. The van der Waals surface area contributed by atoms with Crippen LogP contribution in [0.2, 0.25) is 0 Å². The molecule has 2 saturated heterocycles. The van der Waals surface area contributed by atoms with E-state index in [0.29, 0.717) is 25.6 Å². The molecule has 160 valence electrons. The van der Waals surface area contributed by atoms with Crippen LogP contribution in [0.4, 0.5) is 5.69 Å². The van der Waals surface area contributed by atoms with Gasteiger partial charge in [-0.1, -0.05) is 56.3 Å². The zero-order valence-electron chi connectivity index (χ0n) is 18.0. The molecule has 2 atom stereocenters. The second kappa shape index (κ2) is 9.29. The minimum atomic E-state index is -0.284. The lowest BCUT2D eigenvalue weighted by atomic mass is 9.96. The van der Waals surface area contributed by atoms with Crippen LogP contribution >= 0.6 is 0 Å². The molecule has 5 heteroatoms. The Balaban J connectivity index is 1.34. The van der Waals surface area contributed by atoms with Crippen LogP contribution in [0.1, 0.15) is 43.7 Å². The van der Waals surface area contributed by atoms with Crippen LogP contribution in [-0.4, -0.2) is 48.8 Å². The zero-order chi connectivity index (χ0) is 21.0. The summed E-state index contributed by atoms with van der Waals surface area (Å²) >= 11 is 0. The Hall–Kier alpha value is -2.21. The van der Waals surface area contributed by atoms with Crippen molar-refractivity contribution in [3.63, 3.8) is 0 Å². The van der Waals surface area contributed by atoms with Crippen LogP contribution < -0.4 is 5.32 Å². The molecule has 0 radical (unpaired) electrons. The molecule has 2 fully saturated rings. The van der Waals surface area contributed by atoms with E-state index in [2.05, 4.69) is 48.3 Å². The van der Waals surface area contributed by atoms with Crippen LogP contribution in [-0.2, 0) is 20.9 Å². The molecule has 0 aromatic heterocycles. The van der Waals surface area contributed by atoms with Crippen LogP contribution in [0.25, 0.3) is 0 Å². The minimum absolute atomic E-state index is 0.00385. The molecule has 2 heterocycles. The molecule has 2 aliphatic heterocycles. The second-order valence-corrected chi connectivity index (χ2v) is 8.80. The van der Waals surface area contributed by atoms with Crippen molar-refractivity contribution in [1.82, 2.24) is 4.90 Å². The summed E-state index contributed by atoms with van der Waals surface area (Å²) in [5, 5.41) is 3.02. The number of anilines is 1. The number of ether oxygens (including phenoxy) is 2. The maximum atomic E-state index is 12.6. The van der Waals surface area contributed by atoms with E-state index in [1.165, 1.54) is 5.56 Å². The monoisotopic (exact) mass is 408 g/mol. The fraction of sp³-hybridized carbons (Fsp3) is 0.480. The number of nitrogens with zero attached hydrogens (tertiary/aromatic N) is 1. The molecule has 4 rings (SSSR count). The number of carbonyl (C=O) groups excluding carboxylic acids is 1. The first-order valence-electron chi connectivity index (χ1n) is 11.0. The molecule has 30 heavy (non-hydrogen) atoms. The summed E-state index contributed by atoms with van der Waals surface area (Å²) in [4.78, 5) is 14.8. The Morgan fingerprint density at radius 3 is 2.63 bits per heavy atom. The van der Waals surface area contributed by atoms with Crippen molar-refractivity contribution in [1.29, 1.82) is 0 Å². The van der Waals surface area contributed by atoms with Crippen molar-refractivity contribution in [3.8, 4) is 0 Å². The Kier molecular flexibility index (Phi) is 6.52. The Morgan fingerprint density at radius 1 is 1.20 bits per heavy atom. The summed E-state index contributed by atoms with van der Waals surface area (Å²) in [6.07, 6.45) is 2.02. The summed E-state index contributed by atoms with van der Waals surface area (Å²) in [5.41, 5.74) is 2.99. The first-order chi connectivity index (χ1) is 14.5. The van der Waals surface area contributed by atoms with E-state index in [1.807, 2.05) is 30.3 Å². The molecular weight excluding hydrogens is 376 g/mol. The standard InChI is InChI=1S/C25H32N2O3/c1-19(2)21-9-11-22(12-10-21)26-24(28)16-27-15-23(25(18-27)13-6-14-30-25)29-17-20-7-4-3-5-8-20/h3-5,7-12,19,23H,6,13-18H2,1-2H3,(H,26,28)/t23-,25-/m0/s1. The molecule has 0 unspecified atom stereocenters. The third-order valence-corrected chi connectivity index (χ3v) is 6.16. The van der Waals surface area contributed by atoms with E-state index in [0.717, 1.165) is 37.2 Å². The van der Waals surface area contributed by atoms with Crippen LogP contribution in [0.3, 0.4) is 0 Å². The van der Waals surface area contributed by atoms with Crippen molar-refractivity contribution in [2.45, 2.75) is 50.9 Å². The van der Waals surface area contributed by atoms with Gasteiger partial charge >= 0.3 is 0 Å². The quantitative estimate of drug-likeness (QED) is 0.746. The van der Waals surface area contributed by atoms with Crippen molar-refractivity contribution in [2.75, 3.05) is 31.6 Å². The highest BCUT2D eigenvalue weighted by Crippen LogP contribution is 2.37. The fourth-order valence-electron chi connectivity index (χ4n) is 4.49. The van der Waals surface area contributed by atoms with E-state index in [-0.39, 0.29) is 17.6 Å². The average molecular weight is 409 g/mol. The van der Waals surface area contributed by atoms with Crippen LogP contribution in [0.15, 0.2) is 54.6 Å². The summed E-state index contributed by atoms with van der Waals surface area (Å²) in [7, 11) is 0. The lowest BCUT2D eigenvalue weighted by Gasteiger charge is -2.29. The van der Waals surface area contributed by atoms with E-state index >= 15 is 0 Å². The van der Waals surface area contributed by atoms with Gasteiger partial charge in [-0.25, -0.2) is 0 Å². The van der Waals surface area contributed by atoms with Gasteiger partial charge in [-0.2, -0.15) is 0 Å². The maximum Gasteiger partial charge on any atom is 0.238 e. The Morgan fingerprint density at radius 2 is 1.97 bits per heavy atom. The highest BCUT2D eigenvalue weighted by atomic mass is 16.6. The number of rotatable bonds is 7. The summed E-state index contributed by atoms with van der Waals surface area (Å²) < 4.78 is 12.5. The first-order valence-corrected chi connectivity index (χ1v) is 11.0. The van der Waals surface area contributed by atoms with Gasteiger partial charge < -0.3 is 14.8 Å². The third-order valence-electron chi connectivity index (χ3n) is 6.16. The maximum absolute atomic E-state index is 12.6. The number of hydrogen-bond donors (Lipinski definition) is 1. The minimum Gasteiger partial charge on any atom is -0.371 e. The van der Waals surface area contributed by atoms with Gasteiger partial charge in [0.1, 0.15) is 11.7 Å². The Bertz CT molecular complexity index is 829. The summed E-state index contributed by atoms with van der Waals surface area (Å²) in [5.74, 6) is 0.485. The number of hydrogen-bond acceptors (Lipinski definition) is 4. The van der Waals surface area contributed by atoms with Crippen LogP contribution in [0, 0.1) is 0 Å². The van der Waals surface area contributed by atoms with E-state index in [9.17, 15) is 4.79 Å². The van der Waals surface area contributed by atoms with Crippen LogP contribution in [0.5, 0.6) is 0 Å². The van der Waals surface area contributed by atoms with E-state index in [4.69, 9.17) is 9.47 Å². The number of amides is 1. The lowest BCUT2D eigenvalue weighted by molar-refractivity contribution is -0.117. The lowest BCUT2D eigenvalue weighted by Crippen LogP contribution is -2.42. The number of carbonyl (C=O) groups is 1. The van der Waals surface area contributed by atoms with Gasteiger partial charge in [-0.05, 0) is 42.0 Å². The molecule has 0 bridgehead atoms. The van der Waals surface area contributed by atoms with E-state index in [1.54, 1.807) is 0 Å². The molecule has 0 aliphatic carbocycles. The van der Waals surface area contributed by atoms with Gasteiger partial charge in [-0.3, -0.25) is 9.69 Å². The van der Waals surface area contributed by atoms with Crippen molar-refractivity contribution in [2.24, 2.45) is 0 Å². The molecular formula is C25H32N2O3. The van der Waals surface area contributed by atoms with Gasteiger partial charge in [0, 0.05) is 25.4 Å². The molecule has 5 nitrogen and oxygen atoms in total. The van der Waals surface area contributed by atoms with Crippen molar-refractivity contribution in [3.05, 3.63) is 65.7 Å². The topological polar surface area (TPSA) is 50.8 Å². The van der Waals surface area contributed by atoms with E-state index < -0.39 is 0 Å². The largest absolute Gasteiger partial charge is 0.371 e. The molecule has 2 aromatic carbocycles. The average Bonchev–Trinajstić information content (AvgIpc) is 3.34.